The minimum atomic E-state index is 0.247. The van der Waals surface area contributed by atoms with Crippen LogP contribution in [0.25, 0.3) is 23.0 Å². The average molecular weight is 384 g/mol. The van der Waals surface area contributed by atoms with Crippen molar-refractivity contribution in [2.75, 3.05) is 11.5 Å². The van der Waals surface area contributed by atoms with Gasteiger partial charge in [0.1, 0.15) is 0 Å². The molecule has 10 heteroatoms. The topological polar surface area (TPSA) is 95.7 Å². The monoisotopic (exact) mass is 384 g/mol. The Morgan fingerprint density at radius 1 is 1.15 bits per heavy atom. The molecule has 130 valence electrons. The van der Waals surface area contributed by atoms with Gasteiger partial charge in [-0.05, 0) is 24.3 Å². The van der Waals surface area contributed by atoms with E-state index in [4.69, 9.17) is 8.83 Å². The van der Waals surface area contributed by atoms with Crippen molar-refractivity contribution < 1.29 is 8.83 Å². The van der Waals surface area contributed by atoms with E-state index in [-0.39, 0.29) is 6.04 Å². The number of nitrogens with zero attached hydrogens (tertiary/aromatic N) is 6. The third-order valence-corrected chi connectivity index (χ3v) is 5.96. The maximum absolute atomic E-state index is 5.66. The van der Waals surface area contributed by atoms with Crippen LogP contribution in [0, 0.1) is 0 Å². The summed E-state index contributed by atoms with van der Waals surface area (Å²) in [7, 11) is 0. The lowest BCUT2D eigenvalue weighted by Crippen LogP contribution is -2.11. The van der Waals surface area contributed by atoms with E-state index in [0.717, 1.165) is 28.0 Å². The van der Waals surface area contributed by atoms with Crippen LogP contribution >= 0.6 is 23.5 Å². The molecule has 0 saturated heterocycles. The molecular weight excluding hydrogens is 372 g/mol. The molecule has 0 amide bonds. The zero-order valence-corrected chi connectivity index (χ0v) is 15.0. The summed E-state index contributed by atoms with van der Waals surface area (Å²) >= 11 is 3.23. The lowest BCUT2D eigenvalue weighted by Gasteiger charge is -2.12. The van der Waals surface area contributed by atoms with E-state index in [2.05, 4.69) is 29.9 Å². The fraction of sp³-hybridized carbons (Fsp3) is 0.188. The molecule has 0 aromatic carbocycles. The molecule has 0 saturated carbocycles. The van der Waals surface area contributed by atoms with Gasteiger partial charge in [-0.2, -0.15) is 0 Å². The van der Waals surface area contributed by atoms with Crippen LogP contribution in [0.15, 0.2) is 62.1 Å². The molecule has 0 unspecified atom stereocenters. The van der Waals surface area contributed by atoms with E-state index in [1.807, 2.05) is 12.1 Å². The van der Waals surface area contributed by atoms with Crippen LogP contribution in [-0.4, -0.2) is 41.5 Å². The fourth-order valence-corrected chi connectivity index (χ4v) is 4.77. The Kier molecular flexibility index (Phi) is 3.98. The van der Waals surface area contributed by atoms with Gasteiger partial charge in [0.25, 0.3) is 11.1 Å². The number of hydrogen-bond acceptors (Lipinski definition) is 9. The second kappa shape index (κ2) is 6.61. The van der Waals surface area contributed by atoms with Crippen molar-refractivity contribution in [2.45, 2.75) is 16.4 Å². The molecule has 0 radical (unpaired) electrons. The number of rotatable bonds is 5. The maximum Gasteiger partial charge on any atom is 0.284 e. The van der Waals surface area contributed by atoms with Gasteiger partial charge in [0.15, 0.2) is 16.7 Å². The second-order valence-electron chi connectivity index (χ2n) is 5.54. The summed E-state index contributed by atoms with van der Waals surface area (Å²) in [4.78, 5) is 4.07. The first-order valence-corrected chi connectivity index (χ1v) is 9.84. The molecule has 26 heavy (non-hydrogen) atoms. The molecular formula is C16H12N6O2S2. The summed E-state index contributed by atoms with van der Waals surface area (Å²) in [5.74, 6) is 3.55. The normalized spacial score (nSPS) is 16.1. The second-order valence-corrected chi connectivity index (χ2v) is 7.50. The first kappa shape index (κ1) is 15.6. The molecule has 4 aromatic rings. The molecule has 0 bridgehead atoms. The van der Waals surface area contributed by atoms with Gasteiger partial charge in [0.2, 0.25) is 0 Å². The third-order valence-electron chi connectivity index (χ3n) is 3.91. The van der Waals surface area contributed by atoms with Crippen LogP contribution in [0.5, 0.6) is 0 Å². The molecule has 1 aliphatic rings. The van der Waals surface area contributed by atoms with Crippen molar-refractivity contribution >= 4 is 23.5 Å². The van der Waals surface area contributed by atoms with E-state index in [1.165, 1.54) is 11.8 Å². The van der Waals surface area contributed by atoms with Crippen molar-refractivity contribution in [1.82, 2.24) is 29.9 Å². The highest BCUT2D eigenvalue weighted by Crippen LogP contribution is 2.38. The molecule has 0 aliphatic carbocycles. The van der Waals surface area contributed by atoms with E-state index in [1.54, 1.807) is 42.6 Å². The van der Waals surface area contributed by atoms with Crippen molar-refractivity contribution in [3.8, 4) is 23.0 Å². The Morgan fingerprint density at radius 2 is 2.08 bits per heavy atom. The summed E-state index contributed by atoms with van der Waals surface area (Å²) in [5.41, 5.74) is 1.01. The first-order valence-electron chi connectivity index (χ1n) is 7.87. The van der Waals surface area contributed by atoms with E-state index < -0.39 is 0 Å². The summed E-state index contributed by atoms with van der Waals surface area (Å²) < 4.78 is 13.1. The third kappa shape index (κ3) is 2.80. The van der Waals surface area contributed by atoms with Gasteiger partial charge in [0, 0.05) is 29.5 Å². The Hall–Kier alpha value is -2.59. The van der Waals surface area contributed by atoms with Crippen LogP contribution < -0.4 is 0 Å². The van der Waals surface area contributed by atoms with Gasteiger partial charge >= 0.3 is 0 Å². The lowest BCUT2D eigenvalue weighted by molar-refractivity contribution is 0.446. The number of thioether (sulfide) groups is 2. The van der Waals surface area contributed by atoms with Gasteiger partial charge in [-0.3, -0.25) is 9.55 Å². The molecule has 4 aromatic heterocycles. The molecule has 1 atom stereocenters. The Morgan fingerprint density at radius 3 is 2.92 bits per heavy atom. The van der Waals surface area contributed by atoms with Gasteiger partial charge < -0.3 is 8.83 Å². The van der Waals surface area contributed by atoms with Crippen LogP contribution in [-0.2, 0) is 0 Å². The standard InChI is InChI=1S/C16H12N6O2S2/c1-2-12(23-7-1)14-19-21-16(24-14)26-9-11-8-25-15-20-18-13(22(11)15)10-3-5-17-6-4-10/h1-7,11H,8-9H2/t11-/m1/s1. The minimum absolute atomic E-state index is 0.247. The lowest BCUT2D eigenvalue weighted by atomic mass is 10.2. The first-order chi connectivity index (χ1) is 12.9. The van der Waals surface area contributed by atoms with Crippen molar-refractivity contribution in [3.05, 3.63) is 42.9 Å². The number of aromatic nitrogens is 6. The number of pyridine rings is 1. The molecule has 8 nitrogen and oxygen atoms in total. The van der Waals surface area contributed by atoms with Crippen molar-refractivity contribution in [2.24, 2.45) is 0 Å². The van der Waals surface area contributed by atoms with Gasteiger partial charge in [0.05, 0.1) is 12.3 Å². The smallest absolute Gasteiger partial charge is 0.284 e. The van der Waals surface area contributed by atoms with Crippen LogP contribution in [0.1, 0.15) is 6.04 Å². The Balaban J connectivity index is 1.34. The molecule has 5 heterocycles. The van der Waals surface area contributed by atoms with Crippen LogP contribution in [0.3, 0.4) is 0 Å². The fourth-order valence-electron chi connectivity index (χ4n) is 2.71. The highest BCUT2D eigenvalue weighted by Gasteiger charge is 2.29. The average Bonchev–Trinajstić information content (AvgIpc) is 3.45. The Labute approximate surface area is 156 Å². The zero-order chi connectivity index (χ0) is 17.3. The largest absolute Gasteiger partial charge is 0.459 e. The van der Waals surface area contributed by atoms with Crippen molar-refractivity contribution in [3.63, 3.8) is 0 Å². The van der Waals surface area contributed by atoms with E-state index in [0.29, 0.717) is 16.9 Å². The number of furan rings is 1. The summed E-state index contributed by atoms with van der Waals surface area (Å²) in [6.07, 6.45) is 5.10. The summed E-state index contributed by atoms with van der Waals surface area (Å²) in [6.45, 7) is 0. The maximum atomic E-state index is 5.66. The molecule has 5 rings (SSSR count). The number of fused-ring (bicyclic) bond motifs is 1. The van der Waals surface area contributed by atoms with E-state index in [9.17, 15) is 0 Å². The minimum Gasteiger partial charge on any atom is -0.459 e. The van der Waals surface area contributed by atoms with Crippen molar-refractivity contribution in [1.29, 1.82) is 0 Å². The highest BCUT2D eigenvalue weighted by atomic mass is 32.2. The molecule has 1 aliphatic heterocycles. The molecule has 0 spiro atoms. The number of hydrogen-bond donors (Lipinski definition) is 0. The zero-order valence-electron chi connectivity index (χ0n) is 13.3. The SMILES string of the molecule is c1coc(-c2nnc(SC[C@H]3CSc4nnc(-c5ccncc5)n43)o2)c1. The highest BCUT2D eigenvalue weighted by molar-refractivity contribution is 8.00. The predicted molar refractivity (Wildman–Crippen MR) is 95.7 cm³/mol. The van der Waals surface area contributed by atoms with E-state index >= 15 is 0 Å². The predicted octanol–water partition coefficient (Wildman–Crippen LogP) is 3.42. The summed E-state index contributed by atoms with van der Waals surface area (Å²) in [6, 6.07) is 7.71. The Bertz CT molecular complexity index is 1010. The summed E-state index contributed by atoms with van der Waals surface area (Å²) in [5, 5.41) is 18.2. The van der Waals surface area contributed by atoms with Gasteiger partial charge in [-0.1, -0.05) is 23.5 Å². The molecule has 0 N–H and O–H groups in total. The quantitative estimate of drug-likeness (QED) is 0.479. The van der Waals surface area contributed by atoms with Gasteiger partial charge in [-0.25, -0.2) is 0 Å². The van der Waals surface area contributed by atoms with Crippen LogP contribution in [0.4, 0.5) is 0 Å². The molecule has 0 fully saturated rings. The van der Waals surface area contributed by atoms with Crippen LogP contribution in [0.2, 0.25) is 0 Å². The van der Waals surface area contributed by atoms with Gasteiger partial charge in [-0.15, -0.1) is 20.4 Å².